The number of benzene rings is 1. The zero-order chi connectivity index (χ0) is 10.3. The van der Waals surface area contributed by atoms with Crippen LogP contribution in [0.25, 0.3) is 0 Å². The van der Waals surface area contributed by atoms with Crippen molar-refractivity contribution in [1.82, 2.24) is 5.32 Å². The van der Waals surface area contributed by atoms with Crippen molar-refractivity contribution in [2.75, 3.05) is 6.54 Å². The molecule has 1 unspecified atom stereocenters. The Balaban J connectivity index is 1.72. The molecule has 1 fully saturated rings. The molecule has 0 bridgehead atoms. The normalized spacial score (nSPS) is 24.2. The van der Waals surface area contributed by atoms with Gasteiger partial charge in [-0.15, -0.1) is 0 Å². The van der Waals surface area contributed by atoms with E-state index in [1.165, 1.54) is 43.4 Å². The van der Waals surface area contributed by atoms with Gasteiger partial charge in [0.1, 0.15) is 0 Å². The maximum atomic E-state index is 5.99. The van der Waals surface area contributed by atoms with Crippen molar-refractivity contribution in [3.8, 4) is 0 Å². The highest BCUT2D eigenvalue weighted by molar-refractivity contribution is 6.30. The number of halogens is 1. The predicted octanol–water partition coefficient (Wildman–Crippen LogP) is 3.33. The van der Waals surface area contributed by atoms with Crippen molar-refractivity contribution < 1.29 is 0 Å². The van der Waals surface area contributed by atoms with Crippen molar-refractivity contribution in [2.24, 2.45) is 5.92 Å². The van der Waals surface area contributed by atoms with Crippen LogP contribution in [0, 0.1) is 5.92 Å². The molecule has 0 spiro atoms. The van der Waals surface area contributed by atoms with Crippen molar-refractivity contribution in [3.05, 3.63) is 34.3 Å². The Morgan fingerprint density at radius 2 is 2.13 bits per heavy atom. The lowest BCUT2D eigenvalue weighted by Gasteiger charge is -2.13. The van der Waals surface area contributed by atoms with Gasteiger partial charge in [0.05, 0.1) is 0 Å². The first-order valence-electron chi connectivity index (χ1n) is 5.84. The van der Waals surface area contributed by atoms with Gasteiger partial charge in [0.2, 0.25) is 0 Å². The molecule has 0 amide bonds. The summed E-state index contributed by atoms with van der Waals surface area (Å²) in [7, 11) is 0. The first-order valence-corrected chi connectivity index (χ1v) is 6.22. The fourth-order valence-electron chi connectivity index (χ4n) is 2.43. The summed E-state index contributed by atoms with van der Waals surface area (Å²) in [5, 5.41) is 4.55. The van der Waals surface area contributed by atoms with Crippen LogP contribution in [-0.2, 0) is 6.42 Å². The van der Waals surface area contributed by atoms with E-state index in [1.54, 1.807) is 0 Å². The Morgan fingerprint density at radius 1 is 1.27 bits per heavy atom. The van der Waals surface area contributed by atoms with E-state index in [2.05, 4.69) is 17.4 Å². The molecule has 1 N–H and O–H groups in total. The van der Waals surface area contributed by atoms with E-state index >= 15 is 0 Å². The third kappa shape index (κ3) is 2.04. The van der Waals surface area contributed by atoms with Gasteiger partial charge in [0.25, 0.3) is 0 Å². The molecule has 3 rings (SSSR count). The van der Waals surface area contributed by atoms with Crippen LogP contribution >= 0.6 is 11.6 Å². The van der Waals surface area contributed by atoms with Crippen molar-refractivity contribution in [2.45, 2.75) is 31.7 Å². The van der Waals surface area contributed by atoms with E-state index < -0.39 is 0 Å². The topological polar surface area (TPSA) is 12.0 Å². The molecular formula is C13H16ClN. The third-order valence-electron chi connectivity index (χ3n) is 3.53. The quantitative estimate of drug-likeness (QED) is 0.826. The lowest BCUT2D eigenvalue weighted by molar-refractivity contribution is 0.512. The maximum absolute atomic E-state index is 5.99. The van der Waals surface area contributed by atoms with Crippen LogP contribution in [0.5, 0.6) is 0 Å². The van der Waals surface area contributed by atoms with Crippen LogP contribution in [0.1, 0.15) is 36.4 Å². The molecule has 1 saturated carbocycles. The van der Waals surface area contributed by atoms with Crippen LogP contribution in [-0.4, -0.2) is 6.54 Å². The molecule has 2 heteroatoms. The SMILES string of the molecule is Clc1ccc2c(c1)CCC2NCC1CC1. The fourth-order valence-corrected chi connectivity index (χ4v) is 2.62. The van der Waals surface area contributed by atoms with Crippen LogP contribution < -0.4 is 5.32 Å². The Bertz CT molecular complexity index is 371. The summed E-state index contributed by atoms with van der Waals surface area (Å²) < 4.78 is 0. The zero-order valence-corrected chi connectivity index (χ0v) is 9.56. The molecule has 80 valence electrons. The largest absolute Gasteiger partial charge is 0.310 e. The summed E-state index contributed by atoms with van der Waals surface area (Å²) in [4.78, 5) is 0. The lowest BCUT2D eigenvalue weighted by atomic mass is 10.1. The summed E-state index contributed by atoms with van der Waals surface area (Å²) >= 11 is 5.99. The summed E-state index contributed by atoms with van der Waals surface area (Å²) in [5.74, 6) is 0.960. The average molecular weight is 222 g/mol. The molecular weight excluding hydrogens is 206 g/mol. The first-order chi connectivity index (χ1) is 7.33. The number of nitrogens with one attached hydrogen (secondary N) is 1. The van der Waals surface area contributed by atoms with Crippen molar-refractivity contribution >= 4 is 11.6 Å². The number of rotatable bonds is 3. The average Bonchev–Trinajstić information content (AvgIpc) is 2.97. The van der Waals surface area contributed by atoms with E-state index in [-0.39, 0.29) is 0 Å². The highest BCUT2D eigenvalue weighted by Gasteiger charge is 2.26. The monoisotopic (exact) mass is 221 g/mol. The van der Waals surface area contributed by atoms with Gasteiger partial charge in [-0.3, -0.25) is 0 Å². The second-order valence-corrected chi connectivity index (χ2v) is 5.22. The van der Waals surface area contributed by atoms with Gasteiger partial charge < -0.3 is 5.32 Å². The summed E-state index contributed by atoms with van der Waals surface area (Å²) in [5.41, 5.74) is 2.91. The van der Waals surface area contributed by atoms with E-state index in [4.69, 9.17) is 11.6 Å². The smallest absolute Gasteiger partial charge is 0.0408 e. The summed E-state index contributed by atoms with van der Waals surface area (Å²) in [6.07, 6.45) is 5.26. The molecule has 0 saturated heterocycles. The molecule has 1 atom stereocenters. The maximum Gasteiger partial charge on any atom is 0.0408 e. The molecule has 15 heavy (non-hydrogen) atoms. The minimum absolute atomic E-state index is 0.581. The Morgan fingerprint density at radius 3 is 2.93 bits per heavy atom. The summed E-state index contributed by atoms with van der Waals surface area (Å²) in [6.45, 7) is 1.20. The molecule has 0 aliphatic heterocycles. The fraction of sp³-hybridized carbons (Fsp3) is 0.538. The third-order valence-corrected chi connectivity index (χ3v) is 3.77. The highest BCUT2D eigenvalue weighted by Crippen LogP contribution is 2.34. The standard InChI is InChI=1S/C13H16ClN/c14-11-4-5-12-10(7-11)3-6-13(12)15-8-9-1-2-9/h4-5,7,9,13,15H,1-3,6,8H2. The van der Waals surface area contributed by atoms with Crippen LogP contribution in [0.4, 0.5) is 0 Å². The van der Waals surface area contributed by atoms with Gasteiger partial charge in [-0.05, 0) is 61.4 Å². The van der Waals surface area contributed by atoms with Crippen molar-refractivity contribution in [1.29, 1.82) is 0 Å². The van der Waals surface area contributed by atoms with E-state index in [0.29, 0.717) is 6.04 Å². The van der Waals surface area contributed by atoms with Crippen LogP contribution in [0.15, 0.2) is 18.2 Å². The van der Waals surface area contributed by atoms with E-state index in [0.717, 1.165) is 10.9 Å². The van der Waals surface area contributed by atoms with Gasteiger partial charge in [0.15, 0.2) is 0 Å². The molecule has 1 aromatic rings. The molecule has 1 nitrogen and oxygen atoms in total. The van der Waals surface area contributed by atoms with Crippen LogP contribution in [0.2, 0.25) is 5.02 Å². The molecule has 2 aliphatic carbocycles. The Kier molecular flexibility index (Phi) is 2.45. The second kappa shape index (κ2) is 3.80. The highest BCUT2D eigenvalue weighted by atomic mass is 35.5. The van der Waals surface area contributed by atoms with Crippen LogP contribution in [0.3, 0.4) is 0 Å². The Labute approximate surface area is 95.8 Å². The number of hydrogen-bond donors (Lipinski definition) is 1. The lowest BCUT2D eigenvalue weighted by Crippen LogP contribution is -2.21. The molecule has 1 aromatic carbocycles. The van der Waals surface area contributed by atoms with E-state index in [1.807, 2.05) is 6.07 Å². The minimum Gasteiger partial charge on any atom is -0.310 e. The first kappa shape index (κ1) is 9.68. The molecule has 0 aromatic heterocycles. The molecule has 2 aliphatic rings. The molecule has 0 radical (unpaired) electrons. The van der Waals surface area contributed by atoms with Gasteiger partial charge in [-0.2, -0.15) is 0 Å². The number of fused-ring (bicyclic) bond motifs is 1. The second-order valence-electron chi connectivity index (χ2n) is 4.79. The van der Waals surface area contributed by atoms with E-state index in [9.17, 15) is 0 Å². The summed E-state index contributed by atoms with van der Waals surface area (Å²) in [6, 6.07) is 6.90. The van der Waals surface area contributed by atoms with Gasteiger partial charge in [-0.25, -0.2) is 0 Å². The van der Waals surface area contributed by atoms with Crippen molar-refractivity contribution in [3.63, 3.8) is 0 Å². The van der Waals surface area contributed by atoms with Gasteiger partial charge in [-0.1, -0.05) is 17.7 Å². The number of hydrogen-bond acceptors (Lipinski definition) is 1. The minimum atomic E-state index is 0.581. The molecule has 0 heterocycles. The van der Waals surface area contributed by atoms with Gasteiger partial charge in [0, 0.05) is 11.1 Å². The van der Waals surface area contributed by atoms with Gasteiger partial charge >= 0.3 is 0 Å². The Hall–Kier alpha value is -0.530. The predicted molar refractivity (Wildman–Crippen MR) is 63.2 cm³/mol. The zero-order valence-electron chi connectivity index (χ0n) is 8.80. The number of aryl methyl sites for hydroxylation is 1.